The number of hydrogen-bond donors (Lipinski definition) is 1. The number of rotatable bonds is 4. The number of likely N-dealkylation sites (N-methyl/N-ethyl adjacent to an activating group) is 1. The van der Waals surface area contributed by atoms with Gasteiger partial charge in [-0.2, -0.15) is 0 Å². The van der Waals surface area contributed by atoms with Gasteiger partial charge in [0.05, 0.1) is 5.56 Å². The van der Waals surface area contributed by atoms with E-state index in [-0.39, 0.29) is 30.6 Å². The summed E-state index contributed by atoms with van der Waals surface area (Å²) in [6.45, 7) is 0.374. The summed E-state index contributed by atoms with van der Waals surface area (Å²) in [5, 5.41) is 8.88. The third-order valence-electron chi connectivity index (χ3n) is 3.03. The predicted molar refractivity (Wildman–Crippen MR) is 66.8 cm³/mol. The average molecular weight is 262 g/mol. The Hall–Kier alpha value is -2.37. The molecule has 3 amide bonds. The highest BCUT2D eigenvalue weighted by atomic mass is 16.4. The van der Waals surface area contributed by atoms with E-state index >= 15 is 0 Å². The molecule has 6 nitrogen and oxygen atoms in total. The molecule has 0 spiro atoms. The summed E-state index contributed by atoms with van der Waals surface area (Å²) < 4.78 is 0. The summed E-state index contributed by atoms with van der Waals surface area (Å²) >= 11 is 0. The van der Waals surface area contributed by atoms with E-state index < -0.39 is 5.97 Å². The molecule has 0 radical (unpaired) electrons. The van der Waals surface area contributed by atoms with Crippen LogP contribution in [0.1, 0.15) is 15.9 Å². The first kappa shape index (κ1) is 13.1. The Balaban J connectivity index is 2.03. The first-order valence-electron chi connectivity index (χ1n) is 5.86. The first-order valence-corrected chi connectivity index (χ1v) is 5.86. The highest BCUT2D eigenvalue weighted by Crippen LogP contribution is 2.11. The fourth-order valence-corrected chi connectivity index (χ4v) is 1.99. The molecule has 1 heterocycles. The van der Waals surface area contributed by atoms with Crippen LogP contribution >= 0.6 is 0 Å². The van der Waals surface area contributed by atoms with Crippen LogP contribution in [0, 0.1) is 0 Å². The van der Waals surface area contributed by atoms with E-state index in [0.29, 0.717) is 6.42 Å². The Kier molecular flexibility index (Phi) is 3.50. The molecule has 1 N–H and O–H groups in total. The number of carboxylic acids is 1. The molecule has 1 aromatic rings. The van der Waals surface area contributed by atoms with Crippen LogP contribution < -0.4 is 0 Å². The van der Waals surface area contributed by atoms with Crippen molar-refractivity contribution in [3.8, 4) is 0 Å². The predicted octanol–water partition coefficient (Wildman–Crippen LogP) is 0.821. The lowest BCUT2D eigenvalue weighted by atomic mass is 10.1. The summed E-state index contributed by atoms with van der Waals surface area (Å²) in [5.74, 6) is -1.21. The topological polar surface area (TPSA) is 77.9 Å². The molecular formula is C13H14N2O4. The van der Waals surface area contributed by atoms with Crippen molar-refractivity contribution in [2.24, 2.45) is 0 Å². The lowest BCUT2D eigenvalue weighted by molar-refractivity contribution is -0.125. The van der Waals surface area contributed by atoms with Crippen molar-refractivity contribution >= 4 is 17.9 Å². The van der Waals surface area contributed by atoms with Gasteiger partial charge in [0.25, 0.3) is 0 Å². The first-order chi connectivity index (χ1) is 8.99. The van der Waals surface area contributed by atoms with Gasteiger partial charge in [-0.05, 0) is 24.1 Å². The van der Waals surface area contributed by atoms with Crippen molar-refractivity contribution < 1.29 is 19.5 Å². The number of imide groups is 1. The van der Waals surface area contributed by atoms with Gasteiger partial charge in [-0.15, -0.1) is 0 Å². The number of carbonyl (C=O) groups excluding carboxylic acids is 2. The summed E-state index contributed by atoms with van der Waals surface area (Å²) in [7, 11) is 1.57. The van der Waals surface area contributed by atoms with Crippen molar-refractivity contribution in [1.82, 2.24) is 9.80 Å². The zero-order chi connectivity index (χ0) is 14.0. The minimum atomic E-state index is -0.991. The fraction of sp³-hybridized carbons (Fsp3) is 0.308. The zero-order valence-electron chi connectivity index (χ0n) is 10.5. The van der Waals surface area contributed by atoms with Crippen LogP contribution in [0.15, 0.2) is 24.3 Å². The van der Waals surface area contributed by atoms with Crippen molar-refractivity contribution in [3.05, 3.63) is 35.4 Å². The number of nitrogens with zero attached hydrogens (tertiary/aromatic N) is 2. The summed E-state index contributed by atoms with van der Waals surface area (Å²) in [6.07, 6.45) is 0.451. The molecule has 1 aromatic carbocycles. The molecule has 0 unspecified atom stereocenters. The normalized spacial score (nSPS) is 15.2. The van der Waals surface area contributed by atoms with E-state index in [1.165, 1.54) is 15.9 Å². The lowest BCUT2D eigenvalue weighted by Crippen LogP contribution is -2.33. The van der Waals surface area contributed by atoms with Gasteiger partial charge in [0.1, 0.15) is 6.54 Å². The number of carboxylic acid groups (broad SMARTS) is 1. The van der Waals surface area contributed by atoms with Gasteiger partial charge in [0.15, 0.2) is 0 Å². The van der Waals surface area contributed by atoms with E-state index in [4.69, 9.17) is 5.11 Å². The highest BCUT2D eigenvalue weighted by Gasteiger charge is 2.32. The van der Waals surface area contributed by atoms with Crippen molar-refractivity contribution in [1.29, 1.82) is 0 Å². The number of carbonyl (C=O) groups is 3. The zero-order valence-corrected chi connectivity index (χ0v) is 10.5. The van der Waals surface area contributed by atoms with Gasteiger partial charge >= 0.3 is 12.0 Å². The van der Waals surface area contributed by atoms with Crippen molar-refractivity contribution in [2.75, 3.05) is 20.1 Å². The number of benzene rings is 1. The number of urea groups is 1. The average Bonchev–Trinajstić information content (AvgIpc) is 2.61. The van der Waals surface area contributed by atoms with Crippen LogP contribution in [0.4, 0.5) is 4.79 Å². The molecule has 100 valence electrons. The monoisotopic (exact) mass is 262 g/mol. The van der Waals surface area contributed by atoms with Gasteiger partial charge in [0.2, 0.25) is 5.91 Å². The quantitative estimate of drug-likeness (QED) is 0.815. The molecule has 0 bridgehead atoms. The molecule has 1 saturated heterocycles. The van der Waals surface area contributed by atoms with Gasteiger partial charge < -0.3 is 10.0 Å². The Morgan fingerprint density at radius 1 is 1.37 bits per heavy atom. The fourth-order valence-electron chi connectivity index (χ4n) is 1.99. The van der Waals surface area contributed by atoms with Crippen molar-refractivity contribution in [2.45, 2.75) is 6.42 Å². The minimum absolute atomic E-state index is 0.105. The molecule has 0 aliphatic carbocycles. The van der Waals surface area contributed by atoms with E-state index in [1.54, 1.807) is 25.2 Å². The van der Waals surface area contributed by atoms with Gasteiger partial charge in [-0.1, -0.05) is 12.1 Å². The molecule has 1 aliphatic rings. The van der Waals surface area contributed by atoms with Gasteiger partial charge in [-0.25, -0.2) is 9.59 Å². The number of amides is 3. The maximum atomic E-state index is 11.6. The van der Waals surface area contributed by atoms with Gasteiger partial charge in [-0.3, -0.25) is 9.69 Å². The largest absolute Gasteiger partial charge is 0.478 e. The van der Waals surface area contributed by atoms with Crippen LogP contribution in [-0.4, -0.2) is 53.0 Å². The Labute approximate surface area is 110 Å². The Morgan fingerprint density at radius 3 is 2.68 bits per heavy atom. The lowest BCUT2D eigenvalue weighted by Gasteiger charge is -2.14. The third-order valence-corrected chi connectivity index (χ3v) is 3.03. The molecule has 0 saturated carbocycles. The molecule has 0 aromatic heterocycles. The Bertz CT molecular complexity index is 541. The molecule has 6 heteroatoms. The second-order valence-corrected chi connectivity index (χ2v) is 4.44. The van der Waals surface area contributed by atoms with Crippen LogP contribution in [0.5, 0.6) is 0 Å². The molecule has 1 aliphatic heterocycles. The maximum absolute atomic E-state index is 11.6. The van der Waals surface area contributed by atoms with Crippen molar-refractivity contribution in [3.63, 3.8) is 0 Å². The summed E-state index contributed by atoms with van der Waals surface area (Å²) in [5.41, 5.74) is 0.990. The molecular weight excluding hydrogens is 248 g/mol. The smallest absolute Gasteiger partial charge is 0.335 e. The van der Waals surface area contributed by atoms with Crippen LogP contribution in [0.25, 0.3) is 0 Å². The second-order valence-electron chi connectivity index (χ2n) is 4.44. The minimum Gasteiger partial charge on any atom is -0.478 e. The van der Waals surface area contributed by atoms with E-state index in [2.05, 4.69) is 0 Å². The van der Waals surface area contributed by atoms with E-state index in [9.17, 15) is 14.4 Å². The maximum Gasteiger partial charge on any atom is 0.335 e. The SMILES string of the molecule is CN1CC(=O)N(CCc2cccc(C(=O)O)c2)C1=O. The third kappa shape index (κ3) is 2.73. The molecule has 19 heavy (non-hydrogen) atoms. The summed E-state index contributed by atoms with van der Waals surface area (Å²) in [4.78, 5) is 36.6. The van der Waals surface area contributed by atoms with Crippen LogP contribution in [-0.2, 0) is 11.2 Å². The molecule has 1 fully saturated rings. The molecule has 0 atom stereocenters. The van der Waals surface area contributed by atoms with E-state index in [0.717, 1.165) is 5.56 Å². The molecule has 2 rings (SSSR count). The van der Waals surface area contributed by atoms with Crippen LogP contribution in [0.3, 0.4) is 0 Å². The van der Waals surface area contributed by atoms with Crippen LogP contribution in [0.2, 0.25) is 0 Å². The standard InChI is InChI=1S/C13H14N2O4/c1-14-8-11(16)15(13(14)19)6-5-9-3-2-4-10(7-9)12(17)18/h2-4,7H,5-6,8H2,1H3,(H,17,18). The van der Waals surface area contributed by atoms with E-state index in [1.807, 2.05) is 0 Å². The second kappa shape index (κ2) is 5.09. The van der Waals surface area contributed by atoms with Gasteiger partial charge in [0, 0.05) is 13.6 Å². The Morgan fingerprint density at radius 2 is 2.11 bits per heavy atom. The number of hydrogen-bond acceptors (Lipinski definition) is 3. The summed E-state index contributed by atoms with van der Waals surface area (Å²) in [6, 6.07) is 6.18. The highest BCUT2D eigenvalue weighted by molar-refractivity contribution is 6.01. The number of aromatic carboxylic acids is 1.